The predicted molar refractivity (Wildman–Crippen MR) is 91.5 cm³/mol. The van der Waals surface area contributed by atoms with Crippen LogP contribution in [0.15, 0.2) is 24.3 Å². The Kier molecular flexibility index (Phi) is 8.40. The highest BCUT2D eigenvalue weighted by Gasteiger charge is 2.34. The van der Waals surface area contributed by atoms with Crippen molar-refractivity contribution in [3.63, 3.8) is 0 Å². The Morgan fingerprint density at radius 3 is 2.28 bits per heavy atom. The first kappa shape index (κ1) is 23.2. The minimum Gasteiger partial charge on any atom is -0.344 e. The minimum absolute atomic E-state index is 0. The second-order valence-corrected chi connectivity index (χ2v) is 6.34. The van der Waals surface area contributed by atoms with Gasteiger partial charge in [0.2, 0.25) is 5.91 Å². The van der Waals surface area contributed by atoms with Gasteiger partial charge in [0.15, 0.2) is 0 Å². The Bertz CT molecular complexity index is 607. The van der Waals surface area contributed by atoms with Gasteiger partial charge >= 0.3 is 6.18 Å². The van der Waals surface area contributed by atoms with Gasteiger partial charge in [-0.05, 0) is 24.1 Å². The van der Waals surface area contributed by atoms with Gasteiger partial charge in [0, 0.05) is 13.6 Å². The molecule has 0 fully saturated rings. The van der Waals surface area contributed by atoms with E-state index in [1.165, 1.54) is 17.0 Å². The molecule has 1 aromatic carbocycles. The quantitative estimate of drug-likeness (QED) is 0.794. The zero-order valence-corrected chi connectivity index (χ0v) is 15.1. The highest BCUT2D eigenvalue weighted by atomic mass is 35.5. The number of hydrogen-bond donors (Lipinski definition) is 2. The summed E-state index contributed by atoms with van der Waals surface area (Å²) >= 11 is 0. The molecule has 0 heterocycles. The number of nitrogens with one attached hydrogen (secondary N) is 1. The van der Waals surface area contributed by atoms with Crippen LogP contribution in [0.5, 0.6) is 0 Å². The molecule has 0 radical (unpaired) electrons. The van der Waals surface area contributed by atoms with Crippen LogP contribution in [0, 0.1) is 5.41 Å². The zero-order valence-electron chi connectivity index (χ0n) is 14.3. The molecule has 1 aromatic rings. The third-order valence-electron chi connectivity index (χ3n) is 3.52. The molecule has 0 saturated carbocycles. The van der Waals surface area contributed by atoms with Gasteiger partial charge in [-0.1, -0.05) is 26.0 Å². The topological polar surface area (TPSA) is 75.4 Å². The van der Waals surface area contributed by atoms with Crippen molar-refractivity contribution >= 4 is 24.2 Å². The largest absolute Gasteiger partial charge is 0.417 e. The average Bonchev–Trinajstić information content (AvgIpc) is 2.51. The third-order valence-corrected chi connectivity index (χ3v) is 3.52. The van der Waals surface area contributed by atoms with Crippen molar-refractivity contribution in [1.82, 2.24) is 10.2 Å². The van der Waals surface area contributed by atoms with E-state index >= 15 is 0 Å². The summed E-state index contributed by atoms with van der Waals surface area (Å²) in [5.74, 6) is -1.35. The molecule has 3 N–H and O–H groups in total. The number of halogens is 4. The smallest absolute Gasteiger partial charge is 0.344 e. The molecule has 25 heavy (non-hydrogen) atoms. The number of likely N-dealkylation sites (N-methyl/N-ethyl adjacent to an activating group) is 1. The normalized spacial score (nSPS) is 11.5. The first-order valence-corrected chi connectivity index (χ1v) is 7.36. The number of carbonyl (C=O) groups excluding carboxylic acids is 2. The molecular weight excluding hydrogens is 359 g/mol. The molecule has 0 atom stereocenters. The Hall–Kier alpha value is -1.80. The Morgan fingerprint density at radius 2 is 1.76 bits per heavy atom. The Labute approximate surface area is 151 Å². The second kappa shape index (κ2) is 9.05. The molecule has 0 spiro atoms. The number of alkyl halides is 3. The van der Waals surface area contributed by atoms with Crippen molar-refractivity contribution in [2.45, 2.75) is 20.0 Å². The van der Waals surface area contributed by atoms with Crippen LogP contribution in [0.4, 0.5) is 13.2 Å². The molecule has 9 heteroatoms. The van der Waals surface area contributed by atoms with Crippen LogP contribution < -0.4 is 11.1 Å². The van der Waals surface area contributed by atoms with Crippen LogP contribution in [0.25, 0.3) is 0 Å². The van der Waals surface area contributed by atoms with E-state index in [0.717, 1.165) is 12.1 Å². The maximum Gasteiger partial charge on any atom is 0.417 e. The fourth-order valence-corrected chi connectivity index (χ4v) is 2.11. The number of nitrogens with zero attached hydrogens (tertiary/aromatic N) is 1. The molecule has 0 bridgehead atoms. The lowest BCUT2D eigenvalue weighted by Gasteiger charge is -2.29. The molecule has 5 nitrogen and oxygen atoms in total. The van der Waals surface area contributed by atoms with E-state index in [4.69, 9.17) is 5.73 Å². The summed E-state index contributed by atoms with van der Waals surface area (Å²) in [6.45, 7) is 4.12. The SMILES string of the molecule is CN(CC(C)(C)CN)C(=O)CNC(=O)c1ccccc1C(F)(F)F.Cl. The lowest BCUT2D eigenvalue weighted by molar-refractivity contribution is -0.137. The molecule has 0 aromatic heterocycles. The monoisotopic (exact) mass is 381 g/mol. The van der Waals surface area contributed by atoms with E-state index in [9.17, 15) is 22.8 Å². The molecule has 1 rings (SSSR count). The van der Waals surface area contributed by atoms with Crippen molar-refractivity contribution in [1.29, 1.82) is 0 Å². The highest BCUT2D eigenvalue weighted by molar-refractivity contribution is 5.97. The summed E-state index contributed by atoms with van der Waals surface area (Å²) in [6.07, 6.45) is -4.64. The third kappa shape index (κ3) is 6.91. The number of nitrogens with two attached hydrogens (primary N) is 1. The summed E-state index contributed by atoms with van der Waals surface area (Å²) < 4.78 is 38.7. The van der Waals surface area contributed by atoms with Crippen LogP contribution >= 0.6 is 12.4 Å². The predicted octanol–water partition coefficient (Wildman–Crippen LogP) is 2.30. The molecule has 0 aliphatic heterocycles. The maximum atomic E-state index is 12.9. The lowest BCUT2D eigenvalue weighted by Crippen LogP contribution is -2.44. The van der Waals surface area contributed by atoms with Gasteiger partial charge in [0.25, 0.3) is 5.91 Å². The molecule has 0 saturated heterocycles. The highest BCUT2D eigenvalue weighted by Crippen LogP contribution is 2.31. The van der Waals surface area contributed by atoms with Crippen molar-refractivity contribution in [2.24, 2.45) is 11.1 Å². The Balaban J connectivity index is 0.00000576. The van der Waals surface area contributed by atoms with Crippen molar-refractivity contribution < 1.29 is 22.8 Å². The summed E-state index contributed by atoms with van der Waals surface area (Å²) in [6, 6.07) is 4.44. The van der Waals surface area contributed by atoms with Gasteiger partial charge in [-0.25, -0.2) is 0 Å². The van der Waals surface area contributed by atoms with Crippen molar-refractivity contribution in [2.75, 3.05) is 26.7 Å². The van der Waals surface area contributed by atoms with Crippen molar-refractivity contribution in [3.05, 3.63) is 35.4 Å². The molecule has 0 unspecified atom stereocenters. The fraction of sp³-hybridized carbons (Fsp3) is 0.500. The molecule has 0 aliphatic carbocycles. The first-order chi connectivity index (χ1) is 11.0. The number of amides is 2. The Morgan fingerprint density at radius 1 is 1.20 bits per heavy atom. The lowest BCUT2D eigenvalue weighted by atomic mass is 9.93. The fourth-order valence-electron chi connectivity index (χ4n) is 2.11. The summed E-state index contributed by atoms with van der Waals surface area (Å²) in [5.41, 5.74) is 3.76. The van der Waals surface area contributed by atoms with E-state index < -0.39 is 29.1 Å². The van der Waals surface area contributed by atoms with E-state index in [1.807, 2.05) is 13.8 Å². The number of carbonyl (C=O) groups is 2. The van der Waals surface area contributed by atoms with Crippen LogP contribution in [-0.2, 0) is 11.0 Å². The standard InChI is InChI=1S/C16H22F3N3O2.ClH/c1-15(2,9-20)10-22(3)13(23)8-21-14(24)11-6-4-5-7-12(11)16(17,18)19;/h4-7H,8-10,20H2,1-3H3,(H,21,24);1H. The van der Waals surface area contributed by atoms with Gasteiger partial charge in [-0.3, -0.25) is 9.59 Å². The van der Waals surface area contributed by atoms with Gasteiger partial charge in [0.05, 0.1) is 17.7 Å². The number of hydrogen-bond acceptors (Lipinski definition) is 3. The summed E-state index contributed by atoms with van der Waals surface area (Å²) in [4.78, 5) is 25.4. The van der Waals surface area contributed by atoms with Gasteiger partial charge in [0.1, 0.15) is 0 Å². The van der Waals surface area contributed by atoms with Gasteiger partial charge < -0.3 is 16.0 Å². The van der Waals surface area contributed by atoms with Gasteiger partial charge in [-0.2, -0.15) is 13.2 Å². The molecular formula is C16H23ClF3N3O2. The van der Waals surface area contributed by atoms with E-state index in [0.29, 0.717) is 13.1 Å². The number of rotatable bonds is 6. The first-order valence-electron chi connectivity index (χ1n) is 7.36. The molecule has 2 amide bonds. The minimum atomic E-state index is -4.64. The second-order valence-electron chi connectivity index (χ2n) is 6.34. The molecule has 142 valence electrons. The van der Waals surface area contributed by atoms with Gasteiger partial charge in [-0.15, -0.1) is 12.4 Å². The number of benzene rings is 1. The van der Waals surface area contributed by atoms with Crippen molar-refractivity contribution in [3.8, 4) is 0 Å². The zero-order chi connectivity index (χ0) is 18.5. The van der Waals surface area contributed by atoms with Crippen LogP contribution in [0.1, 0.15) is 29.8 Å². The summed E-state index contributed by atoms with van der Waals surface area (Å²) in [5, 5.41) is 2.23. The van der Waals surface area contributed by atoms with Crippen LogP contribution in [0.3, 0.4) is 0 Å². The van der Waals surface area contributed by atoms with E-state index in [-0.39, 0.29) is 24.4 Å². The maximum absolute atomic E-state index is 12.9. The van der Waals surface area contributed by atoms with Crippen LogP contribution in [0.2, 0.25) is 0 Å². The molecule has 0 aliphatic rings. The van der Waals surface area contributed by atoms with E-state index in [1.54, 1.807) is 7.05 Å². The average molecular weight is 382 g/mol. The van der Waals surface area contributed by atoms with E-state index in [2.05, 4.69) is 5.32 Å². The van der Waals surface area contributed by atoms with Crippen LogP contribution in [-0.4, -0.2) is 43.4 Å². The summed E-state index contributed by atoms with van der Waals surface area (Å²) in [7, 11) is 1.55.